The van der Waals surface area contributed by atoms with E-state index in [0.717, 1.165) is 60.7 Å². The number of likely N-dealkylation sites (N-methyl/N-ethyl adjacent to an activating group) is 1. The van der Waals surface area contributed by atoms with E-state index in [-0.39, 0.29) is 5.78 Å². The highest BCUT2D eigenvalue weighted by molar-refractivity contribution is 6.22. The van der Waals surface area contributed by atoms with Gasteiger partial charge < -0.3 is 14.4 Å². The Balaban J connectivity index is 1.81. The number of ketones is 1. The summed E-state index contributed by atoms with van der Waals surface area (Å²) in [5, 5.41) is 0. The molecule has 0 radical (unpaired) electrons. The first kappa shape index (κ1) is 19.4. The third-order valence-electron chi connectivity index (χ3n) is 5.10. The largest absolute Gasteiger partial charge is 0.494 e. The van der Waals surface area contributed by atoms with Crippen LogP contribution in [0.4, 0.5) is 0 Å². The monoisotopic (exact) mass is 367 g/mol. The third kappa shape index (κ3) is 4.16. The molecule has 0 unspecified atom stereocenters. The van der Waals surface area contributed by atoms with E-state index in [4.69, 9.17) is 9.47 Å². The van der Waals surface area contributed by atoms with Crippen LogP contribution in [-0.2, 0) is 0 Å². The molecule has 0 bridgehead atoms. The Labute approximate surface area is 162 Å². The highest BCUT2D eigenvalue weighted by Crippen LogP contribution is 2.43. The molecule has 0 amide bonds. The lowest BCUT2D eigenvalue weighted by Gasteiger charge is -2.19. The van der Waals surface area contributed by atoms with Gasteiger partial charge in [-0.1, -0.05) is 39.3 Å². The Morgan fingerprint density at radius 2 is 1.70 bits per heavy atom. The van der Waals surface area contributed by atoms with E-state index in [1.165, 1.54) is 0 Å². The summed E-state index contributed by atoms with van der Waals surface area (Å²) in [6.07, 6.45) is 2.10. The molecule has 1 aliphatic carbocycles. The fourth-order valence-corrected chi connectivity index (χ4v) is 3.44. The number of rotatable bonds is 10. The Bertz CT molecular complexity index is 796. The molecule has 0 fully saturated rings. The van der Waals surface area contributed by atoms with Gasteiger partial charge in [0.1, 0.15) is 18.1 Å². The highest BCUT2D eigenvalue weighted by atomic mass is 16.5. The number of fused-ring (bicyclic) bond motifs is 3. The molecule has 0 atom stereocenters. The van der Waals surface area contributed by atoms with Gasteiger partial charge in [-0.25, -0.2) is 0 Å². The number of carbonyl (C=O) groups excluding carboxylic acids is 1. The Morgan fingerprint density at radius 3 is 2.44 bits per heavy atom. The van der Waals surface area contributed by atoms with Gasteiger partial charge in [-0.3, -0.25) is 4.79 Å². The van der Waals surface area contributed by atoms with Crippen molar-refractivity contribution in [2.24, 2.45) is 0 Å². The normalized spacial score (nSPS) is 12.2. The summed E-state index contributed by atoms with van der Waals surface area (Å²) < 4.78 is 11.8. The predicted octanol–water partition coefficient (Wildman–Crippen LogP) is 4.80. The molecule has 0 saturated heterocycles. The molecule has 0 heterocycles. The van der Waals surface area contributed by atoms with Crippen LogP contribution in [0.15, 0.2) is 36.4 Å². The SMILES string of the molecule is CCCCOc1ccc2c(c1)C(=O)c1cccc(OCCN(CC)CC)c1-2. The van der Waals surface area contributed by atoms with E-state index in [1.807, 2.05) is 36.4 Å². The number of benzene rings is 2. The van der Waals surface area contributed by atoms with Gasteiger partial charge in [0.15, 0.2) is 5.78 Å². The lowest BCUT2D eigenvalue weighted by Crippen LogP contribution is -2.27. The number of hydrogen-bond acceptors (Lipinski definition) is 4. The summed E-state index contributed by atoms with van der Waals surface area (Å²) in [6.45, 7) is 10.6. The molecule has 0 aliphatic heterocycles. The average Bonchev–Trinajstić information content (AvgIpc) is 2.98. The van der Waals surface area contributed by atoms with Crippen LogP contribution >= 0.6 is 0 Å². The maximum Gasteiger partial charge on any atom is 0.194 e. The van der Waals surface area contributed by atoms with Gasteiger partial charge >= 0.3 is 0 Å². The standard InChI is InChI=1S/C23H29NO3/c1-4-7-14-26-17-11-12-18-20(16-17)23(25)19-9-8-10-21(22(18)19)27-15-13-24(5-2)6-3/h8-12,16H,4-7,13-15H2,1-3H3. The molecule has 0 N–H and O–H groups in total. The quantitative estimate of drug-likeness (QED) is 0.483. The molecule has 0 spiro atoms. The highest BCUT2D eigenvalue weighted by Gasteiger charge is 2.30. The van der Waals surface area contributed by atoms with Gasteiger partial charge in [0, 0.05) is 23.2 Å². The molecule has 4 heteroatoms. The van der Waals surface area contributed by atoms with E-state index in [0.29, 0.717) is 18.8 Å². The molecule has 2 aromatic carbocycles. The van der Waals surface area contributed by atoms with Crippen molar-refractivity contribution in [2.75, 3.05) is 32.8 Å². The number of carbonyl (C=O) groups is 1. The zero-order valence-electron chi connectivity index (χ0n) is 16.6. The van der Waals surface area contributed by atoms with Crippen molar-refractivity contribution in [3.63, 3.8) is 0 Å². The van der Waals surface area contributed by atoms with Gasteiger partial charge in [0.25, 0.3) is 0 Å². The zero-order chi connectivity index (χ0) is 19.2. The van der Waals surface area contributed by atoms with Crippen LogP contribution in [0.3, 0.4) is 0 Å². The Hall–Kier alpha value is -2.33. The molecule has 27 heavy (non-hydrogen) atoms. The molecular formula is C23H29NO3. The van der Waals surface area contributed by atoms with Gasteiger partial charge in [-0.05, 0) is 49.3 Å². The molecule has 144 valence electrons. The minimum Gasteiger partial charge on any atom is -0.494 e. The van der Waals surface area contributed by atoms with Gasteiger partial charge in [-0.15, -0.1) is 0 Å². The summed E-state index contributed by atoms with van der Waals surface area (Å²) in [4.78, 5) is 15.2. The number of nitrogens with zero attached hydrogens (tertiary/aromatic N) is 1. The van der Waals surface area contributed by atoms with Crippen molar-refractivity contribution in [3.05, 3.63) is 47.5 Å². The zero-order valence-corrected chi connectivity index (χ0v) is 16.6. The first-order chi connectivity index (χ1) is 13.2. The van der Waals surface area contributed by atoms with Crippen molar-refractivity contribution < 1.29 is 14.3 Å². The summed E-state index contributed by atoms with van der Waals surface area (Å²) >= 11 is 0. The van der Waals surface area contributed by atoms with Crippen molar-refractivity contribution in [1.29, 1.82) is 0 Å². The second-order valence-electron chi connectivity index (χ2n) is 6.79. The first-order valence-corrected chi connectivity index (χ1v) is 9.99. The molecule has 3 rings (SSSR count). The van der Waals surface area contributed by atoms with Crippen LogP contribution < -0.4 is 9.47 Å². The second-order valence-corrected chi connectivity index (χ2v) is 6.79. The van der Waals surface area contributed by atoms with E-state index < -0.39 is 0 Å². The van der Waals surface area contributed by atoms with Crippen LogP contribution in [0, 0.1) is 0 Å². The van der Waals surface area contributed by atoms with E-state index >= 15 is 0 Å². The molecule has 2 aromatic rings. The van der Waals surface area contributed by atoms with Crippen LogP contribution in [0.2, 0.25) is 0 Å². The average molecular weight is 367 g/mol. The number of unbranched alkanes of at least 4 members (excludes halogenated alkanes) is 1. The maximum absolute atomic E-state index is 12.9. The smallest absolute Gasteiger partial charge is 0.194 e. The van der Waals surface area contributed by atoms with Gasteiger partial charge in [0.05, 0.1) is 6.61 Å². The topological polar surface area (TPSA) is 38.8 Å². The minimum atomic E-state index is 0.0511. The fourth-order valence-electron chi connectivity index (χ4n) is 3.44. The Kier molecular flexibility index (Phi) is 6.51. The molecular weight excluding hydrogens is 338 g/mol. The van der Waals surface area contributed by atoms with Crippen LogP contribution in [-0.4, -0.2) is 43.5 Å². The van der Waals surface area contributed by atoms with Crippen LogP contribution in [0.1, 0.15) is 49.5 Å². The Morgan fingerprint density at radius 1 is 0.889 bits per heavy atom. The van der Waals surface area contributed by atoms with E-state index in [2.05, 4.69) is 25.7 Å². The van der Waals surface area contributed by atoms with Crippen molar-refractivity contribution in [2.45, 2.75) is 33.6 Å². The van der Waals surface area contributed by atoms with Crippen molar-refractivity contribution >= 4 is 5.78 Å². The molecule has 0 aromatic heterocycles. The summed E-state index contributed by atoms with van der Waals surface area (Å²) in [5.74, 6) is 1.59. The number of hydrogen-bond donors (Lipinski definition) is 0. The lowest BCUT2D eigenvalue weighted by atomic mass is 10.0. The molecule has 1 aliphatic rings. The summed E-state index contributed by atoms with van der Waals surface area (Å²) in [5.41, 5.74) is 3.28. The fraction of sp³-hybridized carbons (Fsp3) is 0.435. The summed E-state index contributed by atoms with van der Waals surface area (Å²) in [7, 11) is 0. The van der Waals surface area contributed by atoms with Crippen molar-refractivity contribution in [3.8, 4) is 22.6 Å². The molecule has 4 nitrogen and oxygen atoms in total. The van der Waals surface area contributed by atoms with Crippen LogP contribution in [0.5, 0.6) is 11.5 Å². The maximum atomic E-state index is 12.9. The van der Waals surface area contributed by atoms with E-state index in [9.17, 15) is 4.79 Å². The number of ether oxygens (including phenoxy) is 2. The van der Waals surface area contributed by atoms with Crippen molar-refractivity contribution in [1.82, 2.24) is 4.90 Å². The first-order valence-electron chi connectivity index (χ1n) is 9.99. The third-order valence-corrected chi connectivity index (χ3v) is 5.10. The minimum absolute atomic E-state index is 0.0511. The van der Waals surface area contributed by atoms with Gasteiger partial charge in [-0.2, -0.15) is 0 Å². The van der Waals surface area contributed by atoms with E-state index in [1.54, 1.807) is 0 Å². The van der Waals surface area contributed by atoms with Crippen LogP contribution in [0.25, 0.3) is 11.1 Å². The summed E-state index contributed by atoms with van der Waals surface area (Å²) in [6, 6.07) is 11.5. The molecule has 0 saturated carbocycles. The second kappa shape index (κ2) is 9.05. The lowest BCUT2D eigenvalue weighted by molar-refractivity contribution is 0.104. The van der Waals surface area contributed by atoms with Gasteiger partial charge in [0.2, 0.25) is 0 Å². The predicted molar refractivity (Wildman–Crippen MR) is 109 cm³/mol.